The fraction of sp³-hybridized carbons (Fsp3) is 0.500. The third kappa shape index (κ3) is 5.84. The van der Waals surface area contributed by atoms with Gasteiger partial charge < -0.3 is 14.9 Å². The molecule has 1 aromatic carbocycles. The summed E-state index contributed by atoms with van der Waals surface area (Å²) in [5.41, 5.74) is -0.291. The predicted molar refractivity (Wildman–Crippen MR) is 97.9 cm³/mol. The molecule has 1 fully saturated rings. The molecule has 1 aromatic rings. The van der Waals surface area contributed by atoms with Crippen molar-refractivity contribution in [2.75, 3.05) is 19.8 Å². The molecule has 0 aromatic heterocycles. The zero-order valence-corrected chi connectivity index (χ0v) is 15.5. The quantitative estimate of drug-likeness (QED) is 0.443. The van der Waals surface area contributed by atoms with Gasteiger partial charge in [0.1, 0.15) is 19.3 Å². The van der Waals surface area contributed by atoms with Crippen LogP contribution in [0, 0.1) is 0 Å². The number of nitrogens with zero attached hydrogens (tertiary/aromatic N) is 1. The first-order chi connectivity index (χ1) is 13.4. The number of hydrogen-bond acceptors (Lipinski definition) is 5. The molecule has 154 valence electrons. The Morgan fingerprint density at radius 1 is 1.29 bits per heavy atom. The molecular formula is C20H25F2NO5. The van der Waals surface area contributed by atoms with E-state index in [0.717, 1.165) is 6.08 Å². The van der Waals surface area contributed by atoms with E-state index in [9.17, 15) is 23.5 Å². The van der Waals surface area contributed by atoms with Gasteiger partial charge in [-0.05, 0) is 12.8 Å². The summed E-state index contributed by atoms with van der Waals surface area (Å²) >= 11 is 0. The molecule has 8 heteroatoms. The van der Waals surface area contributed by atoms with Crippen molar-refractivity contribution in [1.82, 2.24) is 4.90 Å². The van der Waals surface area contributed by atoms with E-state index in [2.05, 4.69) is 0 Å². The SMILES string of the molecule is O=C(CO)CCCCCN1C(=O)OCC1C=CC(O)C(F)(F)c1ccccc1. The second-order valence-corrected chi connectivity index (χ2v) is 6.66. The highest BCUT2D eigenvalue weighted by molar-refractivity contribution is 5.79. The Kier molecular flexibility index (Phi) is 8.07. The first kappa shape index (κ1) is 22.0. The van der Waals surface area contributed by atoms with Crippen LogP contribution < -0.4 is 0 Å². The summed E-state index contributed by atoms with van der Waals surface area (Å²) in [5, 5.41) is 18.6. The van der Waals surface area contributed by atoms with Gasteiger partial charge in [0.25, 0.3) is 0 Å². The Labute approximate surface area is 162 Å². The molecule has 0 bridgehead atoms. The van der Waals surface area contributed by atoms with Gasteiger partial charge in [-0.15, -0.1) is 0 Å². The van der Waals surface area contributed by atoms with Gasteiger partial charge in [-0.25, -0.2) is 4.79 Å². The summed E-state index contributed by atoms with van der Waals surface area (Å²) < 4.78 is 33.6. The average molecular weight is 397 g/mol. The monoisotopic (exact) mass is 397 g/mol. The van der Waals surface area contributed by atoms with Crippen LogP contribution in [-0.2, 0) is 15.5 Å². The highest BCUT2D eigenvalue weighted by Gasteiger charge is 2.39. The van der Waals surface area contributed by atoms with Crippen LogP contribution in [0.2, 0.25) is 0 Å². The Morgan fingerprint density at radius 3 is 2.68 bits per heavy atom. The van der Waals surface area contributed by atoms with Crippen LogP contribution in [0.4, 0.5) is 13.6 Å². The Bertz CT molecular complexity index is 680. The summed E-state index contributed by atoms with van der Waals surface area (Å²) in [7, 11) is 0. The molecule has 2 atom stereocenters. The lowest BCUT2D eigenvalue weighted by atomic mass is 10.0. The van der Waals surface area contributed by atoms with Crippen LogP contribution in [0.1, 0.15) is 31.2 Å². The van der Waals surface area contributed by atoms with Crippen LogP contribution in [0.25, 0.3) is 0 Å². The van der Waals surface area contributed by atoms with E-state index in [0.29, 0.717) is 25.8 Å². The molecule has 1 saturated heterocycles. The Balaban J connectivity index is 1.88. The Morgan fingerprint density at radius 2 is 2.00 bits per heavy atom. The number of ether oxygens (including phenoxy) is 1. The zero-order valence-electron chi connectivity index (χ0n) is 15.5. The molecule has 28 heavy (non-hydrogen) atoms. The van der Waals surface area contributed by atoms with E-state index in [1.54, 1.807) is 6.07 Å². The maximum atomic E-state index is 14.3. The number of carbonyl (C=O) groups is 2. The number of aliphatic hydroxyl groups excluding tert-OH is 2. The molecule has 2 unspecified atom stereocenters. The highest BCUT2D eigenvalue weighted by atomic mass is 19.3. The number of unbranched alkanes of at least 4 members (excludes halogenated alkanes) is 2. The second kappa shape index (κ2) is 10.3. The van der Waals surface area contributed by atoms with Gasteiger partial charge in [-0.2, -0.15) is 8.78 Å². The molecule has 0 aliphatic carbocycles. The van der Waals surface area contributed by atoms with Gasteiger partial charge in [0.05, 0.1) is 6.04 Å². The van der Waals surface area contributed by atoms with E-state index in [-0.39, 0.29) is 24.4 Å². The molecule has 6 nitrogen and oxygen atoms in total. The minimum absolute atomic E-state index is 0.0297. The van der Waals surface area contributed by atoms with E-state index < -0.39 is 30.8 Å². The fourth-order valence-electron chi connectivity index (χ4n) is 2.93. The summed E-state index contributed by atoms with van der Waals surface area (Å²) in [6.07, 6.45) is 1.97. The predicted octanol–water partition coefficient (Wildman–Crippen LogP) is 2.64. The molecule has 0 spiro atoms. The van der Waals surface area contributed by atoms with Crippen LogP contribution >= 0.6 is 0 Å². The smallest absolute Gasteiger partial charge is 0.410 e. The van der Waals surface area contributed by atoms with Crippen LogP contribution in [0.3, 0.4) is 0 Å². The van der Waals surface area contributed by atoms with Gasteiger partial charge in [0.15, 0.2) is 5.78 Å². The summed E-state index contributed by atoms with van der Waals surface area (Å²) in [4.78, 5) is 24.3. The van der Waals surface area contributed by atoms with Gasteiger partial charge in [-0.1, -0.05) is 48.9 Å². The molecule has 1 aliphatic heterocycles. The van der Waals surface area contributed by atoms with E-state index in [1.165, 1.54) is 35.2 Å². The normalized spacial score (nSPS) is 18.5. The maximum absolute atomic E-state index is 14.3. The van der Waals surface area contributed by atoms with Crippen LogP contribution in [0.5, 0.6) is 0 Å². The molecule has 1 heterocycles. The van der Waals surface area contributed by atoms with Crippen LogP contribution in [0.15, 0.2) is 42.5 Å². The molecular weight excluding hydrogens is 372 g/mol. The topological polar surface area (TPSA) is 87.1 Å². The van der Waals surface area contributed by atoms with Crippen molar-refractivity contribution in [3.8, 4) is 0 Å². The van der Waals surface area contributed by atoms with Crippen molar-refractivity contribution >= 4 is 11.9 Å². The van der Waals surface area contributed by atoms with Crippen molar-refractivity contribution in [3.05, 3.63) is 48.0 Å². The van der Waals surface area contributed by atoms with Gasteiger partial charge in [-0.3, -0.25) is 9.69 Å². The molecule has 0 saturated carbocycles. The number of Topliss-reactive ketones (excluding diaryl/α,β-unsaturated/α-hetero) is 1. The van der Waals surface area contributed by atoms with Crippen molar-refractivity contribution < 1.29 is 33.3 Å². The second-order valence-electron chi connectivity index (χ2n) is 6.66. The molecule has 2 N–H and O–H groups in total. The average Bonchev–Trinajstić information content (AvgIpc) is 3.05. The van der Waals surface area contributed by atoms with Crippen molar-refractivity contribution in [3.63, 3.8) is 0 Å². The molecule has 1 aliphatic rings. The number of hydrogen-bond donors (Lipinski definition) is 2. The minimum atomic E-state index is -3.45. The highest BCUT2D eigenvalue weighted by Crippen LogP contribution is 2.32. The lowest BCUT2D eigenvalue weighted by Crippen LogP contribution is -2.34. The molecule has 1 amide bonds. The summed E-state index contributed by atoms with van der Waals surface area (Å²) in [6, 6.07) is 6.51. The zero-order chi connectivity index (χ0) is 20.6. The van der Waals surface area contributed by atoms with Crippen molar-refractivity contribution in [2.24, 2.45) is 0 Å². The first-order valence-corrected chi connectivity index (χ1v) is 9.22. The molecule has 0 radical (unpaired) electrons. The largest absolute Gasteiger partial charge is 0.447 e. The molecule has 2 rings (SSSR count). The lowest BCUT2D eigenvalue weighted by molar-refractivity contribution is -0.121. The van der Waals surface area contributed by atoms with Crippen molar-refractivity contribution in [2.45, 2.75) is 43.8 Å². The standard InChI is InChI=1S/C20H25F2NO5/c21-20(22,15-7-3-1-4-8-15)18(26)11-10-16-14-28-19(27)23(16)12-6-2-5-9-17(25)13-24/h1,3-4,7-8,10-11,16,18,24,26H,2,5-6,9,12-14H2. The first-order valence-electron chi connectivity index (χ1n) is 9.22. The van der Waals surface area contributed by atoms with Crippen LogP contribution in [-0.4, -0.2) is 58.9 Å². The number of benzene rings is 1. The number of aliphatic hydroxyl groups is 2. The number of alkyl halides is 2. The minimum Gasteiger partial charge on any atom is -0.447 e. The van der Waals surface area contributed by atoms with E-state index in [1.807, 2.05) is 0 Å². The number of carbonyl (C=O) groups excluding carboxylic acids is 2. The van der Waals surface area contributed by atoms with Gasteiger partial charge in [0.2, 0.25) is 0 Å². The summed E-state index contributed by atoms with van der Waals surface area (Å²) in [6.45, 7) is -0.0877. The third-order valence-electron chi connectivity index (χ3n) is 4.59. The number of cyclic esters (lactones) is 1. The maximum Gasteiger partial charge on any atom is 0.410 e. The lowest BCUT2D eigenvalue weighted by Gasteiger charge is -2.22. The number of amides is 1. The van der Waals surface area contributed by atoms with E-state index >= 15 is 0 Å². The third-order valence-corrected chi connectivity index (χ3v) is 4.59. The van der Waals surface area contributed by atoms with E-state index in [4.69, 9.17) is 9.84 Å². The number of rotatable bonds is 11. The van der Waals surface area contributed by atoms with Gasteiger partial charge >= 0.3 is 12.0 Å². The summed E-state index contributed by atoms with van der Waals surface area (Å²) in [5.74, 6) is -3.68. The van der Waals surface area contributed by atoms with Gasteiger partial charge in [0, 0.05) is 18.5 Å². The van der Waals surface area contributed by atoms with Crippen molar-refractivity contribution in [1.29, 1.82) is 0 Å². The number of ketones is 1. The fourth-order valence-corrected chi connectivity index (χ4v) is 2.93. The number of halogens is 2. The Hall–Kier alpha value is -2.32.